The highest BCUT2D eigenvalue weighted by molar-refractivity contribution is 9.10. The van der Waals surface area contributed by atoms with Crippen molar-refractivity contribution in [1.82, 2.24) is 10.4 Å². The summed E-state index contributed by atoms with van der Waals surface area (Å²) in [5.41, 5.74) is 5.55. The number of nitrogens with zero attached hydrogens (tertiary/aromatic N) is 1. The van der Waals surface area contributed by atoms with Crippen molar-refractivity contribution in [1.29, 1.82) is 0 Å². The van der Waals surface area contributed by atoms with Gasteiger partial charge in [-0.2, -0.15) is 5.48 Å². The lowest BCUT2D eigenvalue weighted by Crippen LogP contribution is -2.29. The summed E-state index contributed by atoms with van der Waals surface area (Å²) in [6.45, 7) is 3.14. The molecular weight excluding hydrogens is 292 g/mol. The number of hydrogen-bond acceptors (Lipinski definition) is 3. The Kier molecular flexibility index (Phi) is 5.18. The zero-order valence-corrected chi connectivity index (χ0v) is 12.7. The van der Waals surface area contributed by atoms with Crippen molar-refractivity contribution in [3.8, 4) is 0 Å². The molecule has 2 rings (SSSR count). The van der Waals surface area contributed by atoms with Crippen molar-refractivity contribution in [3.63, 3.8) is 0 Å². The highest BCUT2D eigenvalue weighted by Gasteiger charge is 2.20. The third-order valence-corrected chi connectivity index (χ3v) is 4.33. The van der Waals surface area contributed by atoms with Crippen LogP contribution in [-0.2, 0) is 11.4 Å². The van der Waals surface area contributed by atoms with E-state index in [0.717, 1.165) is 6.54 Å². The maximum Gasteiger partial charge on any atom is 0.0572 e. The number of hydrogen-bond donors (Lipinski definition) is 1. The van der Waals surface area contributed by atoms with Crippen molar-refractivity contribution in [2.45, 2.75) is 25.3 Å². The molecule has 1 aromatic carbocycles. The van der Waals surface area contributed by atoms with Crippen molar-refractivity contribution in [2.24, 2.45) is 0 Å². The van der Waals surface area contributed by atoms with Gasteiger partial charge >= 0.3 is 0 Å². The zero-order valence-electron chi connectivity index (χ0n) is 11.1. The van der Waals surface area contributed by atoms with E-state index in [1.165, 1.54) is 41.5 Å². The maximum absolute atomic E-state index is 4.87. The first kappa shape index (κ1) is 14.0. The molecule has 0 unspecified atom stereocenters. The smallest absolute Gasteiger partial charge is 0.0572 e. The van der Waals surface area contributed by atoms with Crippen LogP contribution in [0.3, 0.4) is 0 Å². The Hall–Kier alpha value is -0.420. The van der Waals surface area contributed by atoms with Gasteiger partial charge in [-0.3, -0.25) is 0 Å². The monoisotopic (exact) mass is 312 g/mol. The molecule has 1 N–H and O–H groups in total. The van der Waals surface area contributed by atoms with Gasteiger partial charge in [-0.05, 0) is 56.1 Å². The van der Waals surface area contributed by atoms with Gasteiger partial charge < -0.3 is 9.74 Å². The molecule has 0 amide bonds. The van der Waals surface area contributed by atoms with Crippen LogP contribution in [0.25, 0.3) is 0 Å². The summed E-state index contributed by atoms with van der Waals surface area (Å²) in [4.78, 5) is 7.28. The minimum Gasteiger partial charge on any atom is -0.306 e. The standard InChI is InChI=1S/C14H21BrN2O/c1-17-7-5-12(6-8-17)13-4-3-11(9-14(13)15)10-16-18-2/h3-4,9,12,16H,5-8,10H2,1-2H3. The summed E-state index contributed by atoms with van der Waals surface area (Å²) in [7, 11) is 3.84. The van der Waals surface area contributed by atoms with Crippen molar-refractivity contribution in [2.75, 3.05) is 27.2 Å². The van der Waals surface area contributed by atoms with Crippen LogP contribution in [0.1, 0.15) is 29.9 Å². The lowest BCUT2D eigenvalue weighted by molar-refractivity contribution is 0.0867. The highest BCUT2D eigenvalue weighted by Crippen LogP contribution is 2.33. The first-order valence-corrected chi connectivity index (χ1v) is 7.22. The van der Waals surface area contributed by atoms with Crippen LogP contribution < -0.4 is 5.48 Å². The molecule has 1 aromatic rings. The van der Waals surface area contributed by atoms with Crippen LogP contribution in [0.15, 0.2) is 22.7 Å². The number of piperidine rings is 1. The third kappa shape index (κ3) is 3.54. The van der Waals surface area contributed by atoms with Gasteiger partial charge in [0.15, 0.2) is 0 Å². The normalized spacial score (nSPS) is 18.2. The number of halogens is 1. The average Bonchev–Trinajstić information content (AvgIpc) is 2.38. The highest BCUT2D eigenvalue weighted by atomic mass is 79.9. The van der Waals surface area contributed by atoms with E-state index in [2.05, 4.69) is 51.6 Å². The Morgan fingerprint density at radius 2 is 2.11 bits per heavy atom. The molecule has 0 bridgehead atoms. The van der Waals surface area contributed by atoms with E-state index < -0.39 is 0 Å². The Balaban J connectivity index is 2.05. The largest absolute Gasteiger partial charge is 0.306 e. The molecule has 18 heavy (non-hydrogen) atoms. The molecule has 1 aliphatic heterocycles. The lowest BCUT2D eigenvalue weighted by atomic mass is 9.89. The van der Waals surface area contributed by atoms with Gasteiger partial charge in [0.05, 0.1) is 7.11 Å². The van der Waals surface area contributed by atoms with E-state index in [1.807, 2.05) is 0 Å². The summed E-state index contributed by atoms with van der Waals surface area (Å²) in [6, 6.07) is 6.64. The molecule has 0 aliphatic carbocycles. The lowest BCUT2D eigenvalue weighted by Gasteiger charge is -2.29. The summed E-state index contributed by atoms with van der Waals surface area (Å²) in [5.74, 6) is 0.694. The van der Waals surface area contributed by atoms with Crippen LogP contribution in [-0.4, -0.2) is 32.1 Å². The summed E-state index contributed by atoms with van der Waals surface area (Å²) in [6.07, 6.45) is 2.51. The van der Waals surface area contributed by atoms with Crippen molar-refractivity contribution < 1.29 is 4.84 Å². The number of hydroxylamine groups is 1. The molecule has 1 fully saturated rings. The van der Waals surface area contributed by atoms with E-state index in [1.54, 1.807) is 7.11 Å². The second kappa shape index (κ2) is 6.66. The molecule has 1 heterocycles. The van der Waals surface area contributed by atoms with Gasteiger partial charge in [-0.25, -0.2) is 0 Å². The molecule has 1 saturated heterocycles. The van der Waals surface area contributed by atoms with Gasteiger partial charge in [-0.1, -0.05) is 28.1 Å². The minimum atomic E-state index is 0.694. The molecular formula is C14H21BrN2O. The second-order valence-electron chi connectivity index (χ2n) is 4.96. The quantitative estimate of drug-likeness (QED) is 0.865. The van der Waals surface area contributed by atoms with Gasteiger partial charge in [0.2, 0.25) is 0 Å². The van der Waals surface area contributed by atoms with Crippen molar-refractivity contribution in [3.05, 3.63) is 33.8 Å². The number of nitrogens with one attached hydrogen (secondary N) is 1. The van der Waals surface area contributed by atoms with Gasteiger partial charge in [0.1, 0.15) is 0 Å². The van der Waals surface area contributed by atoms with Crippen molar-refractivity contribution >= 4 is 15.9 Å². The Morgan fingerprint density at radius 3 is 2.72 bits per heavy atom. The van der Waals surface area contributed by atoms with Gasteiger partial charge in [0, 0.05) is 11.0 Å². The molecule has 100 valence electrons. The molecule has 3 nitrogen and oxygen atoms in total. The van der Waals surface area contributed by atoms with Gasteiger partial charge in [-0.15, -0.1) is 0 Å². The van der Waals surface area contributed by atoms with E-state index in [0.29, 0.717) is 5.92 Å². The molecule has 0 radical (unpaired) electrons. The Labute approximate surface area is 118 Å². The van der Waals surface area contributed by atoms with Crippen LogP contribution in [0.5, 0.6) is 0 Å². The number of likely N-dealkylation sites (tertiary alicyclic amines) is 1. The zero-order chi connectivity index (χ0) is 13.0. The fraction of sp³-hybridized carbons (Fsp3) is 0.571. The van der Waals surface area contributed by atoms with Crippen LogP contribution in [0.4, 0.5) is 0 Å². The van der Waals surface area contributed by atoms with Crippen LogP contribution in [0, 0.1) is 0 Å². The van der Waals surface area contributed by atoms with Gasteiger partial charge in [0.25, 0.3) is 0 Å². The first-order chi connectivity index (χ1) is 8.70. The third-order valence-electron chi connectivity index (χ3n) is 3.64. The fourth-order valence-electron chi connectivity index (χ4n) is 2.49. The SMILES string of the molecule is CONCc1ccc(C2CCN(C)CC2)c(Br)c1. The van der Waals surface area contributed by atoms with E-state index in [9.17, 15) is 0 Å². The average molecular weight is 313 g/mol. The molecule has 0 saturated carbocycles. The molecule has 4 heteroatoms. The van der Waals surface area contributed by atoms with E-state index in [-0.39, 0.29) is 0 Å². The predicted molar refractivity (Wildman–Crippen MR) is 77.5 cm³/mol. The van der Waals surface area contributed by atoms with Crippen LogP contribution >= 0.6 is 15.9 Å². The number of rotatable bonds is 4. The first-order valence-electron chi connectivity index (χ1n) is 6.43. The Bertz CT molecular complexity index is 389. The maximum atomic E-state index is 4.87. The summed E-state index contributed by atoms with van der Waals surface area (Å²) in [5, 5.41) is 0. The fourth-order valence-corrected chi connectivity index (χ4v) is 3.24. The Morgan fingerprint density at radius 1 is 1.39 bits per heavy atom. The topological polar surface area (TPSA) is 24.5 Å². The molecule has 0 atom stereocenters. The molecule has 1 aliphatic rings. The predicted octanol–water partition coefficient (Wildman–Crippen LogP) is 2.91. The van der Waals surface area contributed by atoms with Crippen LogP contribution in [0.2, 0.25) is 0 Å². The summed E-state index contributed by atoms with van der Waals surface area (Å²) < 4.78 is 1.23. The van der Waals surface area contributed by atoms with E-state index in [4.69, 9.17) is 4.84 Å². The minimum absolute atomic E-state index is 0.694. The molecule has 0 spiro atoms. The number of benzene rings is 1. The molecule has 0 aromatic heterocycles. The second-order valence-corrected chi connectivity index (χ2v) is 5.81. The summed E-state index contributed by atoms with van der Waals surface area (Å²) >= 11 is 3.71. The van der Waals surface area contributed by atoms with E-state index >= 15 is 0 Å².